The number of thioether (sulfide) groups is 1. The van der Waals surface area contributed by atoms with E-state index in [0.29, 0.717) is 19.5 Å². The molecule has 116 valence electrons. The molecule has 5 nitrogen and oxygen atoms in total. The Bertz CT molecular complexity index is 330. The molecule has 1 fully saturated rings. The molecule has 1 aliphatic carbocycles. The van der Waals surface area contributed by atoms with Gasteiger partial charge in [0.15, 0.2) is 0 Å². The summed E-state index contributed by atoms with van der Waals surface area (Å²) in [7, 11) is 0. The van der Waals surface area contributed by atoms with Crippen molar-refractivity contribution in [3.8, 4) is 0 Å². The number of aliphatic carboxylic acids is 1. The van der Waals surface area contributed by atoms with Crippen LogP contribution in [0.5, 0.6) is 0 Å². The maximum Gasteiger partial charge on any atom is 0.314 e. The zero-order valence-electron chi connectivity index (χ0n) is 12.4. The average molecular weight is 302 g/mol. The van der Waals surface area contributed by atoms with Crippen LogP contribution in [0, 0.1) is 5.92 Å². The van der Waals surface area contributed by atoms with Crippen molar-refractivity contribution in [3.63, 3.8) is 0 Å². The van der Waals surface area contributed by atoms with Crippen LogP contribution >= 0.6 is 11.8 Å². The highest BCUT2D eigenvalue weighted by Crippen LogP contribution is 2.39. The maximum absolute atomic E-state index is 11.8. The molecule has 1 saturated carbocycles. The number of hydrogen-bond donors (Lipinski definition) is 3. The van der Waals surface area contributed by atoms with Gasteiger partial charge < -0.3 is 15.7 Å². The van der Waals surface area contributed by atoms with Gasteiger partial charge in [0.1, 0.15) is 0 Å². The van der Waals surface area contributed by atoms with Gasteiger partial charge in [-0.25, -0.2) is 4.79 Å². The second-order valence-corrected chi connectivity index (χ2v) is 6.97. The third-order valence-corrected chi connectivity index (χ3v) is 5.40. The lowest BCUT2D eigenvalue weighted by atomic mass is 10.1. The topological polar surface area (TPSA) is 78.4 Å². The van der Waals surface area contributed by atoms with Gasteiger partial charge in [-0.05, 0) is 31.4 Å². The average Bonchev–Trinajstić information content (AvgIpc) is 2.90. The van der Waals surface area contributed by atoms with Gasteiger partial charge in [-0.15, -0.1) is 0 Å². The number of carboxylic acids is 1. The Hall–Kier alpha value is -0.910. The molecule has 0 radical (unpaired) electrons. The molecule has 0 aromatic rings. The Morgan fingerprint density at radius 3 is 2.50 bits per heavy atom. The quantitative estimate of drug-likeness (QED) is 0.643. The molecule has 1 aliphatic rings. The van der Waals surface area contributed by atoms with Crippen LogP contribution in [0.1, 0.15) is 45.4 Å². The first-order chi connectivity index (χ1) is 9.47. The fourth-order valence-electron chi connectivity index (χ4n) is 2.52. The summed E-state index contributed by atoms with van der Waals surface area (Å²) in [6.45, 7) is 3.18. The lowest BCUT2D eigenvalue weighted by molar-refractivity contribution is -0.137. The van der Waals surface area contributed by atoms with Gasteiger partial charge >= 0.3 is 12.0 Å². The minimum atomic E-state index is -0.788. The number of rotatable bonds is 8. The first-order valence-corrected chi connectivity index (χ1v) is 8.48. The number of nitrogens with one attached hydrogen (secondary N) is 2. The number of amides is 2. The summed E-state index contributed by atoms with van der Waals surface area (Å²) in [6.07, 6.45) is 7.68. The summed E-state index contributed by atoms with van der Waals surface area (Å²) in [4.78, 5) is 22.2. The Balaban J connectivity index is 2.18. The van der Waals surface area contributed by atoms with Crippen molar-refractivity contribution in [1.29, 1.82) is 0 Å². The predicted octanol–water partition coefficient (Wildman–Crippen LogP) is 2.46. The van der Waals surface area contributed by atoms with Gasteiger partial charge in [-0.2, -0.15) is 11.8 Å². The second-order valence-electron chi connectivity index (χ2n) is 5.70. The predicted molar refractivity (Wildman–Crippen MR) is 82.1 cm³/mol. The first kappa shape index (κ1) is 17.1. The van der Waals surface area contributed by atoms with Crippen LogP contribution in [0.2, 0.25) is 0 Å². The van der Waals surface area contributed by atoms with E-state index in [9.17, 15) is 9.59 Å². The highest BCUT2D eigenvalue weighted by molar-refractivity contribution is 8.00. The molecule has 1 rings (SSSR count). The molecule has 0 aliphatic heterocycles. The van der Waals surface area contributed by atoms with Crippen molar-refractivity contribution in [1.82, 2.24) is 10.6 Å². The molecule has 3 N–H and O–H groups in total. The summed E-state index contributed by atoms with van der Waals surface area (Å²) in [5.74, 6) is -0.609. The van der Waals surface area contributed by atoms with Crippen molar-refractivity contribution >= 4 is 23.8 Å². The van der Waals surface area contributed by atoms with Crippen molar-refractivity contribution in [2.45, 2.75) is 50.2 Å². The highest BCUT2D eigenvalue weighted by atomic mass is 32.2. The fraction of sp³-hybridized carbons (Fsp3) is 0.857. The van der Waals surface area contributed by atoms with Gasteiger partial charge in [-0.3, -0.25) is 4.79 Å². The highest BCUT2D eigenvalue weighted by Gasteiger charge is 2.33. The Morgan fingerprint density at radius 1 is 1.30 bits per heavy atom. The number of carboxylic acid groups (broad SMARTS) is 1. The molecular weight excluding hydrogens is 276 g/mol. The Kier molecular flexibility index (Phi) is 7.19. The van der Waals surface area contributed by atoms with E-state index in [1.165, 1.54) is 25.7 Å². The SMILES string of the molecule is CSC1(CNC(=O)NCC(C)CCC(=O)O)CCCC1. The van der Waals surface area contributed by atoms with Gasteiger partial charge in [-0.1, -0.05) is 19.8 Å². The first-order valence-electron chi connectivity index (χ1n) is 7.26. The van der Waals surface area contributed by atoms with E-state index in [4.69, 9.17) is 5.11 Å². The normalized spacial score (nSPS) is 18.5. The molecule has 0 saturated heterocycles. The number of carbonyl (C=O) groups excluding carboxylic acids is 1. The Labute approximate surface area is 125 Å². The maximum atomic E-state index is 11.8. The second kappa shape index (κ2) is 8.39. The lowest BCUT2D eigenvalue weighted by Crippen LogP contribution is -2.44. The summed E-state index contributed by atoms with van der Waals surface area (Å²) in [6, 6.07) is -0.146. The molecule has 1 unspecified atom stereocenters. The van der Waals surface area contributed by atoms with Gasteiger partial charge in [0, 0.05) is 24.3 Å². The molecule has 0 bridgehead atoms. The van der Waals surface area contributed by atoms with Crippen LogP contribution in [-0.2, 0) is 4.79 Å². The fourth-order valence-corrected chi connectivity index (χ4v) is 3.43. The monoisotopic (exact) mass is 302 g/mol. The number of carbonyl (C=O) groups is 2. The van der Waals surface area contributed by atoms with Crippen LogP contribution < -0.4 is 10.6 Å². The lowest BCUT2D eigenvalue weighted by Gasteiger charge is -2.27. The van der Waals surface area contributed by atoms with Gasteiger partial charge in [0.2, 0.25) is 0 Å². The minimum Gasteiger partial charge on any atom is -0.481 e. The smallest absolute Gasteiger partial charge is 0.314 e. The molecule has 1 atom stereocenters. The molecule has 0 aromatic carbocycles. The van der Waals surface area contributed by atoms with Gasteiger partial charge in [0.25, 0.3) is 0 Å². The van der Waals surface area contributed by atoms with E-state index >= 15 is 0 Å². The van der Waals surface area contributed by atoms with Crippen LogP contribution in [0.4, 0.5) is 4.79 Å². The summed E-state index contributed by atoms with van der Waals surface area (Å²) < 4.78 is 0.215. The zero-order chi connectivity index (χ0) is 15.0. The minimum absolute atomic E-state index is 0.146. The molecule has 20 heavy (non-hydrogen) atoms. The molecule has 0 heterocycles. The summed E-state index contributed by atoms with van der Waals surface area (Å²) >= 11 is 1.85. The van der Waals surface area contributed by atoms with Crippen molar-refractivity contribution in [2.75, 3.05) is 19.3 Å². The van der Waals surface area contributed by atoms with Crippen molar-refractivity contribution in [3.05, 3.63) is 0 Å². The zero-order valence-corrected chi connectivity index (χ0v) is 13.2. The van der Waals surface area contributed by atoms with E-state index in [0.717, 1.165) is 0 Å². The number of urea groups is 1. The molecule has 6 heteroatoms. The van der Waals surface area contributed by atoms with E-state index in [1.54, 1.807) is 0 Å². The molecule has 2 amide bonds. The van der Waals surface area contributed by atoms with Gasteiger partial charge in [0.05, 0.1) is 0 Å². The van der Waals surface area contributed by atoms with E-state index in [-0.39, 0.29) is 23.1 Å². The third-order valence-electron chi connectivity index (χ3n) is 3.98. The van der Waals surface area contributed by atoms with E-state index in [2.05, 4.69) is 16.9 Å². The molecular formula is C14H26N2O3S. The summed E-state index contributed by atoms with van der Waals surface area (Å²) in [5.41, 5.74) is 0. The number of hydrogen-bond acceptors (Lipinski definition) is 3. The molecule has 0 aromatic heterocycles. The van der Waals surface area contributed by atoms with Crippen molar-refractivity contribution < 1.29 is 14.7 Å². The molecule has 0 spiro atoms. The van der Waals surface area contributed by atoms with E-state index in [1.807, 2.05) is 18.7 Å². The standard InChI is InChI=1S/C14H26N2O3S/c1-11(5-6-12(17)18)9-15-13(19)16-10-14(20-2)7-3-4-8-14/h11H,3-10H2,1-2H3,(H,17,18)(H2,15,16,19). The largest absolute Gasteiger partial charge is 0.481 e. The third kappa shape index (κ3) is 6.03. The van der Waals surface area contributed by atoms with Crippen LogP contribution in [-0.4, -0.2) is 41.2 Å². The van der Waals surface area contributed by atoms with Crippen LogP contribution in [0.15, 0.2) is 0 Å². The summed E-state index contributed by atoms with van der Waals surface area (Å²) in [5, 5.41) is 14.4. The van der Waals surface area contributed by atoms with Crippen LogP contribution in [0.3, 0.4) is 0 Å². The van der Waals surface area contributed by atoms with E-state index < -0.39 is 5.97 Å². The van der Waals surface area contributed by atoms with Crippen molar-refractivity contribution in [2.24, 2.45) is 5.92 Å². The van der Waals surface area contributed by atoms with Crippen LogP contribution in [0.25, 0.3) is 0 Å². The Morgan fingerprint density at radius 2 is 1.95 bits per heavy atom.